The molecule has 0 spiro atoms. The van der Waals surface area contributed by atoms with Crippen molar-refractivity contribution < 1.29 is 13.3 Å². The molecule has 0 N–H and O–H groups in total. The first-order chi connectivity index (χ1) is 6.02. The largest absolute Gasteiger partial charge is 0.369 e. The van der Waals surface area contributed by atoms with Crippen molar-refractivity contribution in [2.45, 2.75) is 45.2 Å². The molecule has 13 heavy (non-hydrogen) atoms. The maximum Gasteiger partial charge on any atom is 0.369 e. The molecule has 0 bridgehead atoms. The summed E-state index contributed by atoms with van der Waals surface area (Å²) in [6, 6.07) is 0. The van der Waals surface area contributed by atoms with Gasteiger partial charge in [0.15, 0.2) is 0 Å². The van der Waals surface area contributed by atoms with E-state index in [2.05, 4.69) is 0 Å². The molecule has 0 aliphatic heterocycles. The van der Waals surface area contributed by atoms with Crippen LogP contribution < -0.4 is 0 Å². The van der Waals surface area contributed by atoms with Gasteiger partial charge in [-0.2, -0.15) is 4.20 Å². The van der Waals surface area contributed by atoms with E-state index in [1.165, 1.54) is 12.8 Å². The van der Waals surface area contributed by atoms with Gasteiger partial charge in [-0.15, -0.1) is 0 Å². The van der Waals surface area contributed by atoms with Gasteiger partial charge < -0.3 is 4.52 Å². The van der Waals surface area contributed by atoms with Gasteiger partial charge in [0.1, 0.15) is 0 Å². The van der Waals surface area contributed by atoms with Crippen LogP contribution in [0.2, 0.25) is 0 Å². The van der Waals surface area contributed by atoms with Crippen molar-refractivity contribution in [1.82, 2.24) is 0 Å². The molecule has 78 valence electrons. The van der Waals surface area contributed by atoms with E-state index in [9.17, 15) is 8.76 Å². The van der Waals surface area contributed by atoms with Gasteiger partial charge in [0.25, 0.3) is 0 Å². The van der Waals surface area contributed by atoms with Crippen LogP contribution in [0.1, 0.15) is 39.5 Å². The molecule has 1 fully saturated rings. The number of rotatable bonds is 4. The second kappa shape index (κ2) is 4.56. The Morgan fingerprint density at radius 2 is 2.00 bits per heavy atom. The Kier molecular flexibility index (Phi) is 3.93. The number of hydrogen-bond acceptors (Lipinski definition) is 2. The van der Waals surface area contributed by atoms with E-state index in [1.54, 1.807) is 13.8 Å². The lowest BCUT2D eigenvalue weighted by Gasteiger charge is -2.15. The van der Waals surface area contributed by atoms with Gasteiger partial charge in [0, 0.05) is 0 Å². The lowest BCUT2D eigenvalue weighted by Crippen LogP contribution is -2.06. The lowest BCUT2D eigenvalue weighted by atomic mass is 10.1. The quantitative estimate of drug-likeness (QED) is 0.657. The van der Waals surface area contributed by atoms with Crippen LogP contribution in [0.25, 0.3) is 0 Å². The third-order valence-corrected chi connectivity index (χ3v) is 4.31. The molecule has 1 unspecified atom stereocenters. The minimum Gasteiger partial charge on any atom is -0.305 e. The highest BCUT2D eigenvalue weighted by atomic mass is 31.2. The fraction of sp³-hybridized carbons (Fsp3) is 1.00. The Hall–Kier alpha value is 0.120. The van der Waals surface area contributed by atoms with E-state index >= 15 is 0 Å². The fourth-order valence-corrected chi connectivity index (χ4v) is 2.25. The highest BCUT2D eigenvalue weighted by molar-refractivity contribution is 7.54. The zero-order chi connectivity index (χ0) is 9.90. The second-order valence-electron chi connectivity index (χ2n) is 4.06. The molecular formula is C9H18FO2P. The molecule has 0 aromatic carbocycles. The maximum absolute atomic E-state index is 13.2. The Balaban J connectivity index is 2.28. The van der Waals surface area contributed by atoms with Crippen LogP contribution in [0.5, 0.6) is 0 Å². The van der Waals surface area contributed by atoms with Crippen molar-refractivity contribution >= 4 is 7.68 Å². The summed E-state index contributed by atoms with van der Waals surface area (Å²) in [7, 11) is -3.82. The molecule has 1 aliphatic carbocycles. The number of halogens is 1. The van der Waals surface area contributed by atoms with Gasteiger partial charge >= 0.3 is 7.68 Å². The van der Waals surface area contributed by atoms with Crippen LogP contribution in [0.3, 0.4) is 0 Å². The van der Waals surface area contributed by atoms with Crippen molar-refractivity contribution in [2.24, 2.45) is 5.92 Å². The molecule has 0 aromatic heterocycles. The van der Waals surface area contributed by atoms with Gasteiger partial charge in [0.05, 0.1) is 12.3 Å². The topological polar surface area (TPSA) is 26.3 Å². The third kappa shape index (κ3) is 3.40. The Bertz CT molecular complexity index is 200. The van der Waals surface area contributed by atoms with E-state index < -0.39 is 13.3 Å². The minimum atomic E-state index is -3.82. The Morgan fingerprint density at radius 1 is 1.46 bits per heavy atom. The Labute approximate surface area is 79.4 Å². The van der Waals surface area contributed by atoms with E-state index in [0.29, 0.717) is 12.5 Å². The fourth-order valence-electron chi connectivity index (χ4n) is 1.53. The first-order valence-electron chi connectivity index (χ1n) is 4.96. The summed E-state index contributed by atoms with van der Waals surface area (Å²) in [6.45, 7) is 3.52. The van der Waals surface area contributed by atoms with Gasteiger partial charge in [-0.3, -0.25) is 4.57 Å². The van der Waals surface area contributed by atoms with Gasteiger partial charge in [-0.25, -0.2) is 0 Å². The van der Waals surface area contributed by atoms with Crippen molar-refractivity contribution in [2.75, 3.05) is 6.61 Å². The van der Waals surface area contributed by atoms with E-state index in [1.807, 2.05) is 0 Å². The van der Waals surface area contributed by atoms with Crippen LogP contribution in [0, 0.1) is 5.92 Å². The van der Waals surface area contributed by atoms with Gasteiger partial charge in [0.2, 0.25) is 0 Å². The molecule has 0 radical (unpaired) electrons. The molecule has 1 saturated carbocycles. The highest BCUT2D eigenvalue weighted by Gasteiger charge is 2.28. The molecule has 0 amide bonds. The van der Waals surface area contributed by atoms with Crippen molar-refractivity contribution in [3.8, 4) is 0 Å². The first-order valence-corrected chi connectivity index (χ1v) is 6.55. The molecule has 1 aliphatic rings. The normalized spacial score (nSPS) is 23.7. The maximum atomic E-state index is 13.2. The summed E-state index contributed by atoms with van der Waals surface area (Å²) in [5.74, 6) is 0.433. The third-order valence-electron chi connectivity index (χ3n) is 2.58. The Morgan fingerprint density at radius 3 is 2.46 bits per heavy atom. The van der Waals surface area contributed by atoms with Crippen LogP contribution in [-0.2, 0) is 9.09 Å². The summed E-state index contributed by atoms with van der Waals surface area (Å²) in [5.41, 5.74) is -0.506. The highest BCUT2D eigenvalue weighted by Crippen LogP contribution is 2.53. The predicted molar refractivity (Wildman–Crippen MR) is 51.8 cm³/mol. The molecule has 2 nitrogen and oxygen atoms in total. The zero-order valence-electron chi connectivity index (χ0n) is 8.33. The summed E-state index contributed by atoms with van der Waals surface area (Å²) >= 11 is 0. The van der Waals surface area contributed by atoms with Crippen LogP contribution in [0.15, 0.2) is 0 Å². The molecule has 0 heterocycles. The minimum absolute atomic E-state index is 0.339. The predicted octanol–water partition coefficient (Wildman–Crippen LogP) is 3.76. The summed E-state index contributed by atoms with van der Waals surface area (Å²) in [4.78, 5) is 0. The first kappa shape index (κ1) is 11.2. The smallest absolute Gasteiger partial charge is 0.305 e. The van der Waals surface area contributed by atoms with E-state index in [0.717, 1.165) is 12.8 Å². The molecule has 0 aromatic rings. The summed E-state index contributed by atoms with van der Waals surface area (Å²) < 4.78 is 29.2. The number of hydrogen-bond donors (Lipinski definition) is 0. The van der Waals surface area contributed by atoms with E-state index in [-0.39, 0.29) is 0 Å². The van der Waals surface area contributed by atoms with Gasteiger partial charge in [-0.1, -0.05) is 26.7 Å². The van der Waals surface area contributed by atoms with Crippen LogP contribution >= 0.6 is 7.68 Å². The van der Waals surface area contributed by atoms with Gasteiger partial charge in [-0.05, 0) is 18.8 Å². The lowest BCUT2D eigenvalue weighted by molar-refractivity contribution is 0.231. The molecule has 0 saturated heterocycles. The molecule has 1 rings (SSSR count). The summed E-state index contributed by atoms with van der Waals surface area (Å²) in [5, 5.41) is 0. The summed E-state index contributed by atoms with van der Waals surface area (Å²) in [6.07, 6.45) is 4.59. The molecular weight excluding hydrogens is 190 g/mol. The van der Waals surface area contributed by atoms with Crippen molar-refractivity contribution in [1.29, 1.82) is 0 Å². The van der Waals surface area contributed by atoms with E-state index in [4.69, 9.17) is 4.52 Å². The monoisotopic (exact) mass is 208 g/mol. The standard InChI is InChI=1S/C9H18FO2P/c1-8(2)13(10,11)12-7-9-5-3-4-6-9/h8-9H,3-7H2,1-2H3. The van der Waals surface area contributed by atoms with Crippen molar-refractivity contribution in [3.63, 3.8) is 0 Å². The van der Waals surface area contributed by atoms with Crippen LogP contribution in [-0.4, -0.2) is 12.3 Å². The molecule has 4 heteroatoms. The SMILES string of the molecule is CC(C)P(=O)(F)OCC1CCCC1. The molecule has 1 atom stereocenters. The second-order valence-corrected chi connectivity index (χ2v) is 6.39. The average molecular weight is 208 g/mol. The van der Waals surface area contributed by atoms with Crippen molar-refractivity contribution in [3.05, 3.63) is 0 Å². The zero-order valence-corrected chi connectivity index (χ0v) is 9.23. The van der Waals surface area contributed by atoms with Crippen LogP contribution in [0.4, 0.5) is 4.20 Å². The average Bonchev–Trinajstić information content (AvgIpc) is 2.52.